The number of aromatic nitrogens is 3. The molecule has 0 spiro atoms. The second-order valence-corrected chi connectivity index (χ2v) is 10.2. The van der Waals surface area contributed by atoms with Crippen molar-refractivity contribution in [3.63, 3.8) is 0 Å². The summed E-state index contributed by atoms with van der Waals surface area (Å²) in [5, 5.41) is 6.14. The monoisotopic (exact) mass is 518 g/mol. The van der Waals surface area contributed by atoms with Crippen LogP contribution in [0.5, 0.6) is 0 Å². The van der Waals surface area contributed by atoms with Crippen molar-refractivity contribution in [1.29, 1.82) is 0 Å². The van der Waals surface area contributed by atoms with Crippen molar-refractivity contribution in [2.24, 2.45) is 11.1 Å². The number of hydrogen-bond acceptors (Lipinski definition) is 5. The molecule has 1 saturated heterocycles. The van der Waals surface area contributed by atoms with Crippen LogP contribution in [0.3, 0.4) is 0 Å². The van der Waals surface area contributed by atoms with Gasteiger partial charge in [-0.2, -0.15) is 5.10 Å². The summed E-state index contributed by atoms with van der Waals surface area (Å²) in [4.78, 5) is 39.4. The van der Waals surface area contributed by atoms with E-state index in [2.05, 4.69) is 5.10 Å². The van der Waals surface area contributed by atoms with E-state index in [1.165, 1.54) is 4.57 Å². The predicted molar refractivity (Wildman–Crippen MR) is 142 cm³/mol. The topological polar surface area (TPSA) is 109 Å². The number of Topliss-reactive ketones (excluding diaryl/α,β-unsaturated/α-hetero) is 1. The molecule has 37 heavy (non-hydrogen) atoms. The molecule has 9 heteroatoms. The number of ether oxygens (including phenoxy) is 1. The van der Waals surface area contributed by atoms with Gasteiger partial charge in [0.05, 0.1) is 37.7 Å². The minimum atomic E-state index is -0.613. The number of nitrogens with zero attached hydrogens (tertiary/aromatic N) is 3. The minimum Gasteiger partial charge on any atom is -0.380 e. The summed E-state index contributed by atoms with van der Waals surface area (Å²) in [6.45, 7) is 5.37. The van der Waals surface area contributed by atoms with Gasteiger partial charge in [-0.15, -0.1) is 0 Å². The maximum atomic E-state index is 13.8. The molecule has 4 aromatic rings. The molecule has 0 unspecified atom stereocenters. The summed E-state index contributed by atoms with van der Waals surface area (Å²) >= 11 is 6.33. The lowest BCUT2D eigenvalue weighted by Crippen LogP contribution is -2.44. The van der Waals surface area contributed by atoms with Crippen LogP contribution >= 0.6 is 11.6 Å². The van der Waals surface area contributed by atoms with Crippen molar-refractivity contribution >= 4 is 34.1 Å². The van der Waals surface area contributed by atoms with Crippen molar-refractivity contribution in [2.75, 3.05) is 13.2 Å². The lowest BCUT2D eigenvalue weighted by atomic mass is 9.89. The Hall–Kier alpha value is -3.75. The van der Waals surface area contributed by atoms with Gasteiger partial charge in [-0.1, -0.05) is 55.8 Å². The lowest BCUT2D eigenvalue weighted by Gasteiger charge is -2.38. The van der Waals surface area contributed by atoms with E-state index in [1.54, 1.807) is 35.9 Å². The van der Waals surface area contributed by atoms with E-state index < -0.39 is 5.91 Å². The molecular formula is C28H27ClN4O4. The number of benzene rings is 2. The molecule has 3 heterocycles. The number of fused-ring (bicyclic) bond motifs is 1. The van der Waals surface area contributed by atoms with Crippen LogP contribution in [0.4, 0.5) is 0 Å². The zero-order valence-electron chi connectivity index (χ0n) is 20.7. The Balaban J connectivity index is 1.73. The molecule has 1 aliphatic rings. The summed E-state index contributed by atoms with van der Waals surface area (Å²) in [7, 11) is 0. The number of carbonyl (C=O) groups is 2. The van der Waals surface area contributed by atoms with E-state index in [9.17, 15) is 14.4 Å². The van der Waals surface area contributed by atoms with Gasteiger partial charge < -0.3 is 10.5 Å². The van der Waals surface area contributed by atoms with Gasteiger partial charge in [0.25, 0.3) is 11.5 Å². The van der Waals surface area contributed by atoms with E-state index in [0.29, 0.717) is 46.8 Å². The van der Waals surface area contributed by atoms with Gasteiger partial charge in [0.15, 0.2) is 5.78 Å². The molecule has 1 aliphatic heterocycles. The van der Waals surface area contributed by atoms with Crippen molar-refractivity contribution in [2.45, 2.75) is 33.4 Å². The van der Waals surface area contributed by atoms with E-state index in [-0.39, 0.29) is 41.1 Å². The molecule has 2 N–H and O–H groups in total. The molecule has 190 valence electrons. The van der Waals surface area contributed by atoms with Crippen molar-refractivity contribution in [3.8, 4) is 11.1 Å². The van der Waals surface area contributed by atoms with Crippen molar-refractivity contribution < 1.29 is 14.3 Å². The third-order valence-electron chi connectivity index (χ3n) is 6.72. The van der Waals surface area contributed by atoms with Crippen LogP contribution in [-0.4, -0.2) is 39.3 Å². The van der Waals surface area contributed by atoms with Crippen LogP contribution in [0.1, 0.15) is 46.9 Å². The molecule has 1 fully saturated rings. The highest BCUT2D eigenvalue weighted by Crippen LogP contribution is 2.34. The number of amides is 1. The number of rotatable bonds is 8. The average molecular weight is 519 g/mol. The summed E-state index contributed by atoms with van der Waals surface area (Å²) in [6.07, 6.45) is 0.199. The lowest BCUT2D eigenvalue weighted by molar-refractivity contribution is -0.111. The van der Waals surface area contributed by atoms with Crippen LogP contribution in [0, 0.1) is 5.41 Å². The Bertz CT molecular complexity index is 1590. The zero-order chi connectivity index (χ0) is 26.3. The van der Waals surface area contributed by atoms with Crippen molar-refractivity contribution in [3.05, 3.63) is 87.1 Å². The summed E-state index contributed by atoms with van der Waals surface area (Å²) in [6, 6.07) is 16.1. The first kappa shape index (κ1) is 24.9. The summed E-state index contributed by atoms with van der Waals surface area (Å²) in [5.41, 5.74) is 7.57. The number of primary amides is 1. The van der Waals surface area contributed by atoms with Crippen LogP contribution in [-0.2, 0) is 17.8 Å². The Morgan fingerprint density at radius 1 is 1.11 bits per heavy atom. The smallest absolute Gasteiger partial charge is 0.266 e. The van der Waals surface area contributed by atoms with Crippen LogP contribution in [0.2, 0.25) is 5.02 Å². The van der Waals surface area contributed by atoms with Gasteiger partial charge in [0.1, 0.15) is 5.69 Å². The fourth-order valence-electron chi connectivity index (χ4n) is 4.86. The molecule has 5 rings (SSSR count). The number of halogens is 1. The number of nitrogens with two attached hydrogens (primary N) is 1. The van der Waals surface area contributed by atoms with Gasteiger partial charge in [0, 0.05) is 27.8 Å². The summed E-state index contributed by atoms with van der Waals surface area (Å²) in [5.74, 6) is -0.801. The van der Waals surface area contributed by atoms with E-state index in [1.807, 2.05) is 37.3 Å². The van der Waals surface area contributed by atoms with E-state index in [0.717, 1.165) is 5.56 Å². The Labute approximate surface area is 218 Å². The van der Waals surface area contributed by atoms with Gasteiger partial charge in [-0.05, 0) is 35.2 Å². The van der Waals surface area contributed by atoms with Crippen LogP contribution in [0.15, 0.2) is 59.4 Å². The Morgan fingerprint density at radius 2 is 1.84 bits per heavy atom. The second kappa shape index (κ2) is 9.61. The maximum Gasteiger partial charge on any atom is 0.266 e. The highest BCUT2D eigenvalue weighted by atomic mass is 35.5. The Morgan fingerprint density at radius 3 is 2.46 bits per heavy atom. The number of ketones is 1. The number of pyridine rings is 1. The first-order valence-corrected chi connectivity index (χ1v) is 12.5. The molecule has 0 saturated carbocycles. The number of carbonyl (C=O) groups excluding carboxylic acids is 2. The molecule has 0 radical (unpaired) electrons. The van der Waals surface area contributed by atoms with Crippen molar-refractivity contribution in [1.82, 2.24) is 14.3 Å². The first-order chi connectivity index (χ1) is 17.7. The molecule has 0 atom stereocenters. The number of hydrogen-bond donors (Lipinski definition) is 1. The highest BCUT2D eigenvalue weighted by Gasteiger charge is 2.35. The SMILES string of the molecule is CCC(=O)c1c(-c2ccccc2)c2cc(Cl)ccc2c(=O)n1Cc1cc(C(N)=O)n(CC2(C)COC2)n1. The predicted octanol–water partition coefficient (Wildman–Crippen LogP) is 4.29. The van der Waals surface area contributed by atoms with E-state index >= 15 is 0 Å². The third-order valence-corrected chi connectivity index (χ3v) is 6.95. The molecular weight excluding hydrogens is 492 g/mol. The zero-order valence-corrected chi connectivity index (χ0v) is 21.4. The largest absolute Gasteiger partial charge is 0.380 e. The standard InChI is InChI=1S/C28H27ClN4O4/c1-3-23(34)25-24(17-7-5-4-6-8-17)21-11-18(29)9-10-20(21)27(36)32(25)13-19-12-22(26(30)35)33(31-19)14-28(2)15-37-16-28/h4-12H,3,13-16H2,1-2H3,(H2,30,35). The van der Waals surface area contributed by atoms with Gasteiger partial charge in [-0.25, -0.2) is 0 Å². The molecule has 0 bridgehead atoms. The quantitative estimate of drug-likeness (QED) is 0.350. The van der Waals surface area contributed by atoms with E-state index in [4.69, 9.17) is 22.1 Å². The third kappa shape index (κ3) is 4.58. The van der Waals surface area contributed by atoms with Crippen LogP contribution in [0.25, 0.3) is 21.9 Å². The normalized spacial score (nSPS) is 14.5. The fraction of sp³-hybridized carbons (Fsp3) is 0.286. The van der Waals surface area contributed by atoms with Gasteiger partial charge in [-0.3, -0.25) is 23.6 Å². The molecule has 1 amide bonds. The Kier molecular flexibility index (Phi) is 6.47. The highest BCUT2D eigenvalue weighted by molar-refractivity contribution is 6.31. The first-order valence-electron chi connectivity index (χ1n) is 12.1. The summed E-state index contributed by atoms with van der Waals surface area (Å²) < 4.78 is 8.37. The fourth-order valence-corrected chi connectivity index (χ4v) is 5.03. The van der Waals surface area contributed by atoms with Gasteiger partial charge >= 0.3 is 0 Å². The minimum absolute atomic E-state index is 0.00119. The second-order valence-electron chi connectivity index (χ2n) is 9.79. The van der Waals surface area contributed by atoms with Crippen LogP contribution < -0.4 is 11.3 Å². The van der Waals surface area contributed by atoms with Gasteiger partial charge in [0.2, 0.25) is 0 Å². The molecule has 2 aromatic carbocycles. The molecule has 8 nitrogen and oxygen atoms in total. The maximum absolute atomic E-state index is 13.8. The average Bonchev–Trinajstić information content (AvgIpc) is 3.26. The molecule has 0 aliphatic carbocycles. The molecule has 2 aromatic heterocycles.